The molecule has 3 nitrogen and oxygen atoms in total. The second-order valence-corrected chi connectivity index (χ2v) is 2.57. The first-order chi connectivity index (χ1) is 6.74. The third-order valence-corrected chi connectivity index (χ3v) is 1.50. The van der Waals surface area contributed by atoms with Crippen LogP contribution < -0.4 is 0 Å². The van der Waals surface area contributed by atoms with Crippen LogP contribution in [0.5, 0.6) is 5.75 Å². The summed E-state index contributed by atoms with van der Waals surface area (Å²) < 4.78 is 4.63. The van der Waals surface area contributed by atoms with Gasteiger partial charge in [-0.1, -0.05) is 12.8 Å². The van der Waals surface area contributed by atoms with Crippen molar-refractivity contribution in [3.63, 3.8) is 0 Å². The summed E-state index contributed by atoms with van der Waals surface area (Å²) in [5, 5.41) is 8.97. The van der Waals surface area contributed by atoms with E-state index in [4.69, 9.17) is 5.11 Å². The van der Waals surface area contributed by atoms with Crippen LogP contribution in [0.2, 0.25) is 0 Å². The molecule has 0 aliphatic rings. The van der Waals surface area contributed by atoms with Crippen LogP contribution in [0.4, 0.5) is 0 Å². The zero-order valence-corrected chi connectivity index (χ0v) is 7.78. The van der Waals surface area contributed by atoms with Crippen molar-refractivity contribution in [2.75, 3.05) is 0 Å². The van der Waals surface area contributed by atoms with E-state index in [1.807, 2.05) is 6.92 Å². The van der Waals surface area contributed by atoms with Gasteiger partial charge < -0.3 is 9.84 Å². The van der Waals surface area contributed by atoms with E-state index in [0.29, 0.717) is 12.0 Å². The van der Waals surface area contributed by atoms with E-state index >= 15 is 0 Å². The summed E-state index contributed by atoms with van der Waals surface area (Å²) in [6, 6.07) is 5.80. The van der Waals surface area contributed by atoms with Gasteiger partial charge in [0.1, 0.15) is 11.9 Å². The second-order valence-electron chi connectivity index (χ2n) is 2.57. The fourth-order valence-corrected chi connectivity index (χ4v) is 0.811. The van der Waals surface area contributed by atoms with Crippen LogP contribution in [0.25, 0.3) is 0 Å². The number of phenols is 1. The number of carbonyl (C=O) groups excluding carboxylic acids is 1. The molecular weight excluding hydrogens is 180 g/mol. The predicted octanol–water partition coefficient (Wildman–Crippen LogP) is 1.92. The minimum absolute atomic E-state index is 0.112. The molecule has 0 bridgehead atoms. The minimum atomic E-state index is -0.508. The lowest BCUT2D eigenvalue weighted by Crippen LogP contribution is -1.99. The van der Waals surface area contributed by atoms with Crippen molar-refractivity contribution in [1.29, 1.82) is 0 Å². The van der Waals surface area contributed by atoms with Gasteiger partial charge in [0, 0.05) is 6.42 Å². The van der Waals surface area contributed by atoms with Crippen LogP contribution in [-0.4, -0.2) is 11.1 Å². The standard InChI is InChI=1S/C11H10O3/c1-2-3-8-14-11(13)9-4-6-10(12)7-5-9/h4-7,12H,2H2,1H3. The van der Waals surface area contributed by atoms with E-state index in [0.717, 1.165) is 0 Å². The molecule has 0 aliphatic carbocycles. The first kappa shape index (κ1) is 10.1. The van der Waals surface area contributed by atoms with Crippen molar-refractivity contribution in [3.05, 3.63) is 29.8 Å². The number of phenolic OH excluding ortho intramolecular Hbond substituents is 1. The Bertz CT molecular complexity index is 368. The highest BCUT2D eigenvalue weighted by molar-refractivity contribution is 5.90. The van der Waals surface area contributed by atoms with Crippen molar-refractivity contribution in [2.45, 2.75) is 13.3 Å². The maximum Gasteiger partial charge on any atom is 0.352 e. The lowest BCUT2D eigenvalue weighted by atomic mass is 10.2. The third-order valence-electron chi connectivity index (χ3n) is 1.50. The van der Waals surface area contributed by atoms with Gasteiger partial charge in [-0.25, -0.2) is 4.79 Å². The van der Waals surface area contributed by atoms with Gasteiger partial charge in [0.25, 0.3) is 0 Å². The molecule has 0 aliphatic heterocycles. The average Bonchev–Trinajstić information content (AvgIpc) is 2.19. The molecule has 0 amide bonds. The van der Waals surface area contributed by atoms with Crippen LogP contribution in [-0.2, 0) is 4.74 Å². The monoisotopic (exact) mass is 190 g/mol. The summed E-state index contributed by atoms with van der Waals surface area (Å²) in [5.41, 5.74) is 0.369. The van der Waals surface area contributed by atoms with E-state index < -0.39 is 5.97 Å². The molecule has 72 valence electrons. The first-order valence-electron chi connectivity index (χ1n) is 4.22. The van der Waals surface area contributed by atoms with Crippen LogP contribution in [0.1, 0.15) is 23.7 Å². The van der Waals surface area contributed by atoms with E-state index in [-0.39, 0.29) is 5.75 Å². The van der Waals surface area contributed by atoms with Gasteiger partial charge in [-0.15, -0.1) is 0 Å². The topological polar surface area (TPSA) is 46.5 Å². The zero-order chi connectivity index (χ0) is 10.4. The molecule has 0 saturated heterocycles. The molecule has 1 N–H and O–H groups in total. The first-order valence-corrected chi connectivity index (χ1v) is 4.22. The highest BCUT2D eigenvalue weighted by Gasteiger charge is 2.04. The van der Waals surface area contributed by atoms with Gasteiger partial charge in [0.05, 0.1) is 5.56 Å². The van der Waals surface area contributed by atoms with Crippen LogP contribution in [0.3, 0.4) is 0 Å². The van der Waals surface area contributed by atoms with E-state index in [9.17, 15) is 4.79 Å². The van der Waals surface area contributed by atoms with Crippen molar-refractivity contribution in [1.82, 2.24) is 0 Å². The smallest absolute Gasteiger partial charge is 0.352 e. The number of hydrogen-bond acceptors (Lipinski definition) is 3. The molecule has 14 heavy (non-hydrogen) atoms. The fourth-order valence-electron chi connectivity index (χ4n) is 0.811. The van der Waals surface area contributed by atoms with Gasteiger partial charge in [-0.2, -0.15) is 0 Å². The van der Waals surface area contributed by atoms with Gasteiger partial charge in [-0.3, -0.25) is 0 Å². The molecule has 0 saturated carbocycles. The SMILES string of the molecule is CCC#COC(=O)c1ccc(O)cc1. The van der Waals surface area contributed by atoms with Crippen molar-refractivity contribution in [2.24, 2.45) is 0 Å². The molecule has 0 spiro atoms. The maximum atomic E-state index is 11.2. The molecule has 1 aromatic carbocycles. The molecule has 0 unspecified atom stereocenters. The number of carbonyl (C=O) groups is 1. The van der Waals surface area contributed by atoms with Gasteiger partial charge in [0.2, 0.25) is 0 Å². The highest BCUT2D eigenvalue weighted by atomic mass is 16.5. The quantitative estimate of drug-likeness (QED) is 0.543. The summed E-state index contributed by atoms with van der Waals surface area (Å²) in [5.74, 6) is 2.22. The molecule has 1 rings (SSSR count). The van der Waals surface area contributed by atoms with Crippen LogP contribution >= 0.6 is 0 Å². The van der Waals surface area contributed by atoms with Crippen molar-refractivity contribution >= 4 is 5.97 Å². The summed E-state index contributed by atoms with van der Waals surface area (Å²) in [4.78, 5) is 11.2. The summed E-state index contributed by atoms with van der Waals surface area (Å²) in [6.07, 6.45) is 2.93. The molecule has 0 heterocycles. The van der Waals surface area contributed by atoms with Gasteiger partial charge in [-0.05, 0) is 24.3 Å². The Morgan fingerprint density at radius 2 is 2.07 bits per heavy atom. The number of aromatic hydroxyl groups is 1. The van der Waals surface area contributed by atoms with E-state index in [2.05, 4.69) is 16.8 Å². The van der Waals surface area contributed by atoms with Gasteiger partial charge in [0.15, 0.2) is 0 Å². The van der Waals surface area contributed by atoms with Gasteiger partial charge >= 0.3 is 5.97 Å². The molecule has 3 heteroatoms. The fraction of sp³-hybridized carbons (Fsp3) is 0.182. The summed E-state index contributed by atoms with van der Waals surface area (Å²) in [6.45, 7) is 1.86. The summed E-state index contributed by atoms with van der Waals surface area (Å²) >= 11 is 0. The number of hydrogen-bond donors (Lipinski definition) is 1. The lowest BCUT2D eigenvalue weighted by molar-refractivity contribution is 0.0690. The largest absolute Gasteiger partial charge is 0.508 e. The third kappa shape index (κ3) is 2.83. The predicted molar refractivity (Wildman–Crippen MR) is 51.6 cm³/mol. The Kier molecular flexibility index (Phi) is 3.57. The molecule has 1 aromatic rings. The molecule has 0 aromatic heterocycles. The Balaban J connectivity index is 2.65. The molecule has 0 radical (unpaired) electrons. The molecular formula is C11H10O3. The number of benzene rings is 1. The maximum absolute atomic E-state index is 11.2. The molecule has 0 atom stereocenters. The van der Waals surface area contributed by atoms with Crippen molar-refractivity contribution < 1.29 is 14.6 Å². The zero-order valence-electron chi connectivity index (χ0n) is 7.78. The number of ether oxygens (including phenoxy) is 1. The van der Waals surface area contributed by atoms with E-state index in [1.54, 1.807) is 0 Å². The van der Waals surface area contributed by atoms with Crippen LogP contribution in [0.15, 0.2) is 24.3 Å². The van der Waals surface area contributed by atoms with E-state index in [1.165, 1.54) is 24.3 Å². The minimum Gasteiger partial charge on any atom is -0.508 e. The summed E-state index contributed by atoms with van der Waals surface area (Å²) in [7, 11) is 0. The number of esters is 1. The number of rotatable bonds is 1. The Labute approximate surface area is 82.3 Å². The molecule has 0 fully saturated rings. The van der Waals surface area contributed by atoms with Crippen LogP contribution in [0, 0.1) is 12.0 Å². The highest BCUT2D eigenvalue weighted by Crippen LogP contribution is 2.10. The Morgan fingerprint density at radius 3 is 2.64 bits per heavy atom. The lowest BCUT2D eigenvalue weighted by Gasteiger charge is -1.96. The second kappa shape index (κ2) is 4.93. The normalized spacial score (nSPS) is 8.64. The Hall–Kier alpha value is -1.95. The Morgan fingerprint density at radius 1 is 1.43 bits per heavy atom. The van der Waals surface area contributed by atoms with Crippen molar-refractivity contribution in [3.8, 4) is 17.8 Å². The average molecular weight is 190 g/mol.